The second kappa shape index (κ2) is 3.74. The number of halogens is 1. The number of carbonyl (C=O) groups excluding carboxylic acids is 1. The fraction of sp³-hybridized carbons (Fsp3) is 0.364. The molecule has 0 unspecified atom stereocenters. The quantitative estimate of drug-likeness (QED) is 0.691. The smallest absolute Gasteiger partial charge is 0.165 e. The fourth-order valence-corrected chi connectivity index (χ4v) is 2.12. The van der Waals surface area contributed by atoms with Crippen LogP contribution in [0.25, 0.3) is 0 Å². The minimum atomic E-state index is -0.0607. The average Bonchev–Trinajstić information content (AvgIpc) is 2.17. The molecule has 0 fully saturated rings. The van der Waals surface area contributed by atoms with E-state index in [-0.39, 0.29) is 5.78 Å². The predicted octanol–water partition coefficient (Wildman–Crippen LogP) is 2.62. The van der Waals surface area contributed by atoms with Gasteiger partial charge >= 0.3 is 0 Å². The third-order valence-electron chi connectivity index (χ3n) is 2.38. The highest BCUT2D eigenvalue weighted by atomic mass is 35.5. The number of ketones is 1. The van der Waals surface area contributed by atoms with E-state index in [1.807, 2.05) is 6.92 Å². The van der Waals surface area contributed by atoms with Crippen LogP contribution in [0.3, 0.4) is 0 Å². The Morgan fingerprint density at radius 1 is 1.40 bits per heavy atom. The fourth-order valence-electron chi connectivity index (χ4n) is 1.74. The number of Topliss-reactive ketones (excluding diaryl/α,β-unsaturated/α-hetero) is 1. The summed E-state index contributed by atoms with van der Waals surface area (Å²) in [5.74, 6) is 1.19. The molecule has 0 radical (unpaired) electrons. The van der Waals surface area contributed by atoms with Gasteiger partial charge in [0.05, 0.1) is 5.02 Å². The molecule has 1 heterocycles. The van der Waals surface area contributed by atoms with E-state index in [4.69, 9.17) is 21.1 Å². The van der Waals surface area contributed by atoms with Gasteiger partial charge in [-0.2, -0.15) is 0 Å². The molecule has 15 heavy (non-hydrogen) atoms. The van der Waals surface area contributed by atoms with Gasteiger partial charge in [0, 0.05) is 17.2 Å². The molecule has 1 aliphatic rings. The van der Waals surface area contributed by atoms with Gasteiger partial charge in [-0.25, -0.2) is 0 Å². The van der Waals surface area contributed by atoms with Gasteiger partial charge < -0.3 is 9.47 Å². The van der Waals surface area contributed by atoms with Crippen LogP contribution in [0.2, 0.25) is 5.02 Å². The van der Waals surface area contributed by atoms with Crippen molar-refractivity contribution < 1.29 is 14.3 Å². The molecule has 3 nitrogen and oxygen atoms in total. The molecule has 4 heteroatoms. The van der Waals surface area contributed by atoms with E-state index in [1.54, 1.807) is 6.07 Å². The van der Waals surface area contributed by atoms with E-state index >= 15 is 0 Å². The molecule has 1 aromatic rings. The lowest BCUT2D eigenvalue weighted by Gasteiger charge is -2.21. The first kappa shape index (κ1) is 10.3. The maximum atomic E-state index is 11.4. The number of carbonyl (C=O) groups is 1. The Hall–Kier alpha value is -1.22. The molecule has 2 rings (SSSR count). The molecule has 80 valence electrons. The Kier molecular flexibility index (Phi) is 2.57. The van der Waals surface area contributed by atoms with E-state index in [1.165, 1.54) is 6.92 Å². The van der Waals surface area contributed by atoms with Crippen molar-refractivity contribution in [2.75, 3.05) is 13.2 Å². The van der Waals surface area contributed by atoms with Gasteiger partial charge in [0.1, 0.15) is 13.2 Å². The van der Waals surface area contributed by atoms with E-state index in [2.05, 4.69) is 0 Å². The summed E-state index contributed by atoms with van der Waals surface area (Å²) in [6.45, 7) is 4.33. The van der Waals surface area contributed by atoms with Crippen LogP contribution in [0.5, 0.6) is 11.5 Å². The molecule has 0 N–H and O–H groups in total. The van der Waals surface area contributed by atoms with E-state index in [0.29, 0.717) is 35.3 Å². The van der Waals surface area contributed by atoms with Crippen LogP contribution >= 0.6 is 11.6 Å². The molecule has 1 aliphatic heterocycles. The summed E-state index contributed by atoms with van der Waals surface area (Å²) >= 11 is 6.01. The normalized spacial score (nSPS) is 13.8. The molecule has 0 saturated heterocycles. The summed E-state index contributed by atoms with van der Waals surface area (Å²) in [4.78, 5) is 11.4. The Balaban J connectivity index is 2.64. The second-order valence-corrected chi connectivity index (χ2v) is 3.85. The number of benzene rings is 1. The minimum Gasteiger partial charge on any atom is -0.486 e. The highest BCUT2D eigenvalue weighted by molar-refractivity contribution is 6.34. The van der Waals surface area contributed by atoms with Gasteiger partial charge in [0.25, 0.3) is 0 Å². The molecule has 1 aromatic carbocycles. The Labute approximate surface area is 92.9 Å². The van der Waals surface area contributed by atoms with E-state index in [9.17, 15) is 4.79 Å². The molecular formula is C11H11ClO3. The molecule has 0 aromatic heterocycles. The summed E-state index contributed by atoms with van der Waals surface area (Å²) in [5, 5.41) is 0.421. The van der Waals surface area contributed by atoms with Crippen LogP contribution in [-0.4, -0.2) is 19.0 Å². The standard InChI is InChI=1S/C11H11ClO3/c1-6-10(7(2)13)8(12)5-9-11(6)15-4-3-14-9/h5H,3-4H2,1-2H3. The second-order valence-electron chi connectivity index (χ2n) is 3.44. The van der Waals surface area contributed by atoms with Crippen LogP contribution in [-0.2, 0) is 0 Å². The first-order valence-electron chi connectivity index (χ1n) is 4.71. The van der Waals surface area contributed by atoms with Crippen LogP contribution in [0.15, 0.2) is 6.07 Å². The molecule has 0 amide bonds. The maximum absolute atomic E-state index is 11.4. The maximum Gasteiger partial charge on any atom is 0.165 e. The molecular weight excluding hydrogens is 216 g/mol. The number of hydrogen-bond acceptors (Lipinski definition) is 3. The number of ether oxygens (including phenoxy) is 2. The zero-order valence-electron chi connectivity index (χ0n) is 8.59. The van der Waals surface area contributed by atoms with E-state index in [0.717, 1.165) is 5.56 Å². The molecule has 0 saturated carbocycles. The lowest BCUT2D eigenvalue weighted by Crippen LogP contribution is -2.17. The van der Waals surface area contributed by atoms with Crippen molar-refractivity contribution in [3.8, 4) is 11.5 Å². The summed E-state index contributed by atoms with van der Waals surface area (Å²) in [7, 11) is 0. The van der Waals surface area contributed by atoms with Crippen molar-refractivity contribution in [3.63, 3.8) is 0 Å². The third-order valence-corrected chi connectivity index (χ3v) is 2.67. The van der Waals surface area contributed by atoms with Gasteiger partial charge in [-0.05, 0) is 13.8 Å². The van der Waals surface area contributed by atoms with Crippen molar-refractivity contribution in [3.05, 3.63) is 22.2 Å². The van der Waals surface area contributed by atoms with Crippen LogP contribution in [0, 0.1) is 6.92 Å². The highest BCUT2D eigenvalue weighted by Gasteiger charge is 2.21. The minimum absolute atomic E-state index is 0.0607. The molecule has 0 aliphatic carbocycles. The van der Waals surface area contributed by atoms with Crippen molar-refractivity contribution in [2.24, 2.45) is 0 Å². The molecule has 0 bridgehead atoms. The SMILES string of the molecule is CC(=O)c1c(Cl)cc2c(c1C)OCCO2. The first-order chi connectivity index (χ1) is 7.11. The van der Waals surface area contributed by atoms with Crippen molar-refractivity contribution in [2.45, 2.75) is 13.8 Å². The monoisotopic (exact) mass is 226 g/mol. The van der Waals surface area contributed by atoms with Gasteiger partial charge in [-0.3, -0.25) is 4.79 Å². The van der Waals surface area contributed by atoms with Crippen LogP contribution in [0.4, 0.5) is 0 Å². The van der Waals surface area contributed by atoms with Crippen molar-refractivity contribution >= 4 is 17.4 Å². The lowest BCUT2D eigenvalue weighted by atomic mass is 10.0. The van der Waals surface area contributed by atoms with E-state index < -0.39 is 0 Å². The lowest BCUT2D eigenvalue weighted by molar-refractivity contribution is 0.101. The highest BCUT2D eigenvalue weighted by Crippen LogP contribution is 2.39. The van der Waals surface area contributed by atoms with Crippen molar-refractivity contribution in [1.29, 1.82) is 0 Å². The number of fused-ring (bicyclic) bond motifs is 1. The largest absolute Gasteiger partial charge is 0.486 e. The summed E-state index contributed by atoms with van der Waals surface area (Å²) in [6, 6.07) is 1.64. The summed E-state index contributed by atoms with van der Waals surface area (Å²) in [5.41, 5.74) is 1.27. The number of rotatable bonds is 1. The zero-order valence-corrected chi connectivity index (χ0v) is 9.35. The number of hydrogen-bond donors (Lipinski definition) is 0. The topological polar surface area (TPSA) is 35.5 Å². The third kappa shape index (κ3) is 1.67. The Bertz CT molecular complexity index is 426. The van der Waals surface area contributed by atoms with Crippen LogP contribution < -0.4 is 9.47 Å². The first-order valence-corrected chi connectivity index (χ1v) is 5.08. The Morgan fingerprint density at radius 3 is 2.73 bits per heavy atom. The Morgan fingerprint density at radius 2 is 2.07 bits per heavy atom. The summed E-state index contributed by atoms with van der Waals surface area (Å²) < 4.78 is 10.9. The van der Waals surface area contributed by atoms with Gasteiger partial charge in [0.2, 0.25) is 0 Å². The average molecular weight is 227 g/mol. The predicted molar refractivity (Wildman–Crippen MR) is 57.2 cm³/mol. The van der Waals surface area contributed by atoms with Gasteiger partial charge in [-0.1, -0.05) is 11.6 Å². The van der Waals surface area contributed by atoms with Crippen molar-refractivity contribution in [1.82, 2.24) is 0 Å². The van der Waals surface area contributed by atoms with Crippen LogP contribution in [0.1, 0.15) is 22.8 Å². The molecule has 0 atom stereocenters. The van der Waals surface area contributed by atoms with Gasteiger partial charge in [0.15, 0.2) is 17.3 Å². The zero-order chi connectivity index (χ0) is 11.0. The van der Waals surface area contributed by atoms with Gasteiger partial charge in [-0.15, -0.1) is 0 Å². The summed E-state index contributed by atoms with van der Waals surface area (Å²) in [6.07, 6.45) is 0. The molecule has 0 spiro atoms.